The van der Waals surface area contributed by atoms with Gasteiger partial charge in [-0.3, -0.25) is 9.36 Å². The van der Waals surface area contributed by atoms with E-state index in [4.69, 9.17) is 14.5 Å². The number of hydrogen-bond donors (Lipinski definition) is 0. The maximum absolute atomic E-state index is 13.9. The van der Waals surface area contributed by atoms with Crippen LogP contribution < -0.4 is 24.4 Å². The molecule has 3 aromatic carbocycles. The fraction of sp³-hybridized carbons (Fsp3) is 0.200. The standard InChI is InChI=1S/C30H26N2O3S/c1-18-8-10-19(11-9-18)16-26-29(33)32-28(21-13-15-24(34-2)25(17-21)35-3)23-14-12-20-6-4-5-7-22(20)27(23)31-30(32)36-26/h4-11,13,15-17,28H,12,14H2,1-3H3/b26-16-/t28-/m0/s1. The first-order valence-electron chi connectivity index (χ1n) is 12.0. The maximum Gasteiger partial charge on any atom is 0.271 e. The number of ether oxygens (including phenoxy) is 2. The third-order valence-electron chi connectivity index (χ3n) is 6.97. The summed E-state index contributed by atoms with van der Waals surface area (Å²) in [4.78, 5) is 19.7. The highest BCUT2D eigenvalue weighted by atomic mass is 32.1. The predicted molar refractivity (Wildman–Crippen MR) is 143 cm³/mol. The highest BCUT2D eigenvalue weighted by Gasteiger charge is 2.33. The van der Waals surface area contributed by atoms with Crippen molar-refractivity contribution in [2.24, 2.45) is 4.99 Å². The number of benzene rings is 3. The second-order valence-electron chi connectivity index (χ2n) is 9.14. The van der Waals surface area contributed by atoms with Gasteiger partial charge in [-0.05, 0) is 60.2 Å². The molecule has 1 atom stereocenters. The Kier molecular flexibility index (Phi) is 5.61. The Bertz CT molecular complexity index is 1690. The number of thiazole rings is 1. The van der Waals surface area contributed by atoms with Gasteiger partial charge in [0.2, 0.25) is 0 Å². The molecule has 0 saturated carbocycles. The Morgan fingerprint density at radius 1 is 0.972 bits per heavy atom. The fourth-order valence-electron chi connectivity index (χ4n) is 5.16. The Morgan fingerprint density at radius 3 is 2.53 bits per heavy atom. The summed E-state index contributed by atoms with van der Waals surface area (Å²) in [5.74, 6) is 1.31. The SMILES string of the molecule is COc1ccc([C@H]2C3=C(N=c4s/c(=C\c5ccc(C)cc5)c(=O)n42)c2ccccc2CC3)cc1OC. The summed E-state index contributed by atoms with van der Waals surface area (Å²) in [5.41, 5.74) is 7.75. The van der Waals surface area contributed by atoms with Crippen LogP contribution in [-0.2, 0) is 6.42 Å². The van der Waals surface area contributed by atoms with Crippen molar-refractivity contribution in [2.45, 2.75) is 25.8 Å². The van der Waals surface area contributed by atoms with E-state index in [1.165, 1.54) is 22.5 Å². The topological polar surface area (TPSA) is 52.8 Å². The molecule has 0 radical (unpaired) electrons. The lowest BCUT2D eigenvalue weighted by atomic mass is 9.83. The van der Waals surface area contributed by atoms with E-state index < -0.39 is 0 Å². The van der Waals surface area contributed by atoms with Gasteiger partial charge in [0.05, 0.1) is 30.5 Å². The van der Waals surface area contributed by atoms with E-state index in [2.05, 4.69) is 43.3 Å². The van der Waals surface area contributed by atoms with Crippen molar-refractivity contribution in [2.75, 3.05) is 14.2 Å². The molecule has 0 unspecified atom stereocenters. The van der Waals surface area contributed by atoms with Gasteiger partial charge in [-0.15, -0.1) is 0 Å². The van der Waals surface area contributed by atoms with Gasteiger partial charge in [0.1, 0.15) is 0 Å². The summed E-state index contributed by atoms with van der Waals surface area (Å²) in [5, 5.41) is 0. The van der Waals surface area contributed by atoms with Crippen LogP contribution in [0.3, 0.4) is 0 Å². The Balaban J connectivity index is 1.62. The van der Waals surface area contributed by atoms with Crippen molar-refractivity contribution < 1.29 is 9.47 Å². The van der Waals surface area contributed by atoms with Gasteiger partial charge in [-0.2, -0.15) is 0 Å². The van der Waals surface area contributed by atoms with E-state index in [1.54, 1.807) is 14.2 Å². The highest BCUT2D eigenvalue weighted by Crippen LogP contribution is 2.42. The van der Waals surface area contributed by atoms with E-state index in [9.17, 15) is 4.79 Å². The number of rotatable bonds is 4. The van der Waals surface area contributed by atoms with Crippen LogP contribution in [0.15, 0.2) is 82.1 Å². The molecule has 6 heteroatoms. The molecule has 0 N–H and O–H groups in total. The lowest BCUT2D eigenvalue weighted by Gasteiger charge is -2.31. The minimum atomic E-state index is -0.260. The molecular formula is C30H26N2O3S. The first-order chi connectivity index (χ1) is 17.6. The zero-order valence-corrected chi connectivity index (χ0v) is 21.3. The number of methoxy groups -OCH3 is 2. The van der Waals surface area contributed by atoms with Gasteiger partial charge in [-0.25, -0.2) is 4.99 Å². The van der Waals surface area contributed by atoms with Crippen LogP contribution in [0.25, 0.3) is 11.8 Å². The average molecular weight is 495 g/mol. The van der Waals surface area contributed by atoms with Gasteiger partial charge in [0.25, 0.3) is 5.56 Å². The molecule has 1 aliphatic carbocycles. The van der Waals surface area contributed by atoms with Crippen LogP contribution in [0.5, 0.6) is 11.5 Å². The van der Waals surface area contributed by atoms with Crippen LogP contribution in [0.2, 0.25) is 0 Å². The third kappa shape index (κ3) is 3.69. The summed E-state index contributed by atoms with van der Waals surface area (Å²) in [7, 11) is 3.26. The van der Waals surface area contributed by atoms with Crippen LogP contribution in [-0.4, -0.2) is 18.8 Å². The number of aromatic nitrogens is 1. The van der Waals surface area contributed by atoms with Crippen LogP contribution in [0.1, 0.15) is 40.3 Å². The summed E-state index contributed by atoms with van der Waals surface area (Å²) in [6.07, 6.45) is 3.73. The quantitative estimate of drug-likeness (QED) is 0.415. The lowest BCUT2D eigenvalue weighted by Crippen LogP contribution is -2.38. The van der Waals surface area contributed by atoms with Gasteiger partial charge in [0, 0.05) is 5.56 Å². The third-order valence-corrected chi connectivity index (χ3v) is 7.95. The highest BCUT2D eigenvalue weighted by molar-refractivity contribution is 7.07. The zero-order valence-electron chi connectivity index (χ0n) is 20.4. The number of allylic oxidation sites excluding steroid dienone is 1. The fourth-order valence-corrected chi connectivity index (χ4v) is 6.16. The normalized spacial score (nSPS) is 16.6. The van der Waals surface area contributed by atoms with Crippen molar-refractivity contribution in [1.82, 2.24) is 4.57 Å². The molecule has 6 rings (SSSR count). The molecule has 2 aliphatic rings. The summed E-state index contributed by atoms with van der Waals surface area (Å²) >= 11 is 1.45. The number of fused-ring (bicyclic) bond motifs is 3. The predicted octanol–water partition coefficient (Wildman–Crippen LogP) is 4.64. The first kappa shape index (κ1) is 22.6. The number of aryl methyl sites for hydroxylation is 2. The van der Waals surface area contributed by atoms with Gasteiger partial charge < -0.3 is 9.47 Å². The summed E-state index contributed by atoms with van der Waals surface area (Å²) < 4.78 is 13.6. The van der Waals surface area contributed by atoms with Crippen LogP contribution in [0, 0.1) is 6.92 Å². The van der Waals surface area contributed by atoms with Gasteiger partial charge >= 0.3 is 0 Å². The van der Waals surface area contributed by atoms with E-state index in [1.807, 2.05) is 41.0 Å². The molecule has 0 fully saturated rings. The van der Waals surface area contributed by atoms with Gasteiger partial charge in [0.15, 0.2) is 16.3 Å². The minimum absolute atomic E-state index is 0.0236. The lowest BCUT2D eigenvalue weighted by molar-refractivity contribution is 0.354. The second kappa shape index (κ2) is 8.95. The number of hydrogen-bond acceptors (Lipinski definition) is 5. The Labute approximate surface area is 213 Å². The molecule has 1 aliphatic heterocycles. The monoisotopic (exact) mass is 494 g/mol. The molecule has 0 spiro atoms. The van der Waals surface area contributed by atoms with Crippen molar-refractivity contribution in [3.8, 4) is 11.5 Å². The maximum atomic E-state index is 13.9. The second-order valence-corrected chi connectivity index (χ2v) is 10.1. The Morgan fingerprint density at radius 2 is 1.75 bits per heavy atom. The van der Waals surface area contributed by atoms with E-state index >= 15 is 0 Å². The first-order valence-corrected chi connectivity index (χ1v) is 12.8. The number of nitrogens with zero attached hydrogens (tertiary/aromatic N) is 2. The Hall–Kier alpha value is -3.90. The van der Waals surface area contributed by atoms with Crippen molar-refractivity contribution in [3.05, 3.63) is 120 Å². The van der Waals surface area contributed by atoms with Crippen molar-refractivity contribution >= 4 is 23.1 Å². The van der Waals surface area contributed by atoms with Crippen molar-refractivity contribution in [3.63, 3.8) is 0 Å². The minimum Gasteiger partial charge on any atom is -0.493 e. The molecular weight excluding hydrogens is 468 g/mol. The molecule has 36 heavy (non-hydrogen) atoms. The molecule has 1 aromatic heterocycles. The van der Waals surface area contributed by atoms with E-state index in [0.29, 0.717) is 20.8 Å². The molecule has 0 amide bonds. The molecule has 180 valence electrons. The molecule has 0 bridgehead atoms. The molecule has 0 saturated heterocycles. The molecule has 2 heterocycles. The van der Waals surface area contributed by atoms with E-state index in [0.717, 1.165) is 40.8 Å². The largest absolute Gasteiger partial charge is 0.493 e. The smallest absolute Gasteiger partial charge is 0.271 e. The van der Waals surface area contributed by atoms with Crippen LogP contribution >= 0.6 is 11.3 Å². The summed E-state index contributed by atoms with van der Waals surface area (Å²) in [6.45, 7) is 2.06. The van der Waals surface area contributed by atoms with Gasteiger partial charge in [-0.1, -0.05) is 71.5 Å². The average Bonchev–Trinajstić information content (AvgIpc) is 3.22. The zero-order chi connectivity index (χ0) is 24.8. The van der Waals surface area contributed by atoms with E-state index in [-0.39, 0.29) is 11.6 Å². The van der Waals surface area contributed by atoms with Crippen molar-refractivity contribution in [1.29, 1.82) is 0 Å². The van der Waals surface area contributed by atoms with Crippen LogP contribution in [0.4, 0.5) is 0 Å². The molecule has 4 aromatic rings. The molecule has 5 nitrogen and oxygen atoms in total. The summed E-state index contributed by atoms with van der Waals surface area (Å²) in [6, 6.07) is 22.3.